The summed E-state index contributed by atoms with van der Waals surface area (Å²) in [5.74, 6) is -2.69. The number of carboxylic acid groups (broad SMARTS) is 1. The van der Waals surface area contributed by atoms with Crippen LogP contribution in [-0.2, 0) is 4.79 Å². The number of aromatic nitrogens is 1. The number of rotatable bonds is 4. The van der Waals surface area contributed by atoms with Crippen LogP contribution in [0.3, 0.4) is 0 Å². The van der Waals surface area contributed by atoms with Gasteiger partial charge in [0, 0.05) is 5.38 Å². The Hall–Kier alpha value is -1.64. The lowest BCUT2D eigenvalue weighted by Gasteiger charge is -2.19. The van der Waals surface area contributed by atoms with Gasteiger partial charge in [0.15, 0.2) is 0 Å². The third-order valence-corrected chi connectivity index (χ3v) is 2.33. The number of thiazole rings is 1. The summed E-state index contributed by atoms with van der Waals surface area (Å²) in [5.41, 5.74) is 1.11. The number of carbonyl (C=O) groups excluding carboxylic acids is 1. The number of carboxylic acids is 1. The van der Waals surface area contributed by atoms with Gasteiger partial charge in [-0.1, -0.05) is 0 Å². The normalized spacial score (nSPS) is 13.1. The molecule has 0 aromatic carbocycles. The van der Waals surface area contributed by atoms with Crippen LogP contribution in [0.25, 0.3) is 0 Å². The molecule has 0 spiro atoms. The van der Waals surface area contributed by atoms with E-state index in [2.05, 4.69) is 4.98 Å². The van der Waals surface area contributed by atoms with Gasteiger partial charge in [-0.3, -0.25) is 9.59 Å². The summed E-state index contributed by atoms with van der Waals surface area (Å²) in [6.07, 6.45) is -6.04. The van der Waals surface area contributed by atoms with Crippen LogP contribution >= 0.6 is 11.3 Å². The number of halogens is 3. The predicted octanol–water partition coefficient (Wildman–Crippen LogP) is 1.28. The molecule has 0 fully saturated rings. The van der Waals surface area contributed by atoms with Crippen molar-refractivity contribution in [3.05, 3.63) is 16.6 Å². The first-order valence-electron chi connectivity index (χ1n) is 4.28. The molecule has 1 unspecified atom stereocenters. The monoisotopic (exact) mass is 268 g/mol. The topological polar surface area (TPSA) is 79.3 Å². The molecule has 94 valence electrons. The SMILES string of the molecule is O=C(O)CC(NC(=O)c1cscn1)C(F)(F)F. The first kappa shape index (κ1) is 13.4. The molecule has 1 rings (SSSR count). The van der Waals surface area contributed by atoms with Crippen molar-refractivity contribution < 1.29 is 27.9 Å². The summed E-state index contributed by atoms with van der Waals surface area (Å²) in [7, 11) is 0. The van der Waals surface area contributed by atoms with Gasteiger partial charge in [0.2, 0.25) is 0 Å². The van der Waals surface area contributed by atoms with Gasteiger partial charge in [0.05, 0.1) is 11.9 Å². The lowest BCUT2D eigenvalue weighted by Crippen LogP contribution is -2.46. The first-order chi connectivity index (χ1) is 7.80. The van der Waals surface area contributed by atoms with Crippen molar-refractivity contribution in [2.75, 3.05) is 0 Å². The minimum Gasteiger partial charge on any atom is -0.481 e. The molecular weight excluding hydrogens is 261 g/mol. The van der Waals surface area contributed by atoms with Crippen molar-refractivity contribution in [2.45, 2.75) is 18.6 Å². The van der Waals surface area contributed by atoms with Crippen LogP contribution < -0.4 is 5.32 Å². The van der Waals surface area contributed by atoms with Crippen LogP contribution in [-0.4, -0.2) is 34.2 Å². The van der Waals surface area contributed by atoms with Gasteiger partial charge in [0.25, 0.3) is 5.91 Å². The highest BCUT2D eigenvalue weighted by molar-refractivity contribution is 7.07. The van der Waals surface area contributed by atoms with Crippen LogP contribution in [0.15, 0.2) is 10.9 Å². The van der Waals surface area contributed by atoms with Crippen molar-refractivity contribution in [1.82, 2.24) is 10.3 Å². The molecule has 5 nitrogen and oxygen atoms in total. The van der Waals surface area contributed by atoms with Gasteiger partial charge in [0.1, 0.15) is 11.7 Å². The van der Waals surface area contributed by atoms with Crippen molar-refractivity contribution in [3.63, 3.8) is 0 Å². The molecule has 0 aliphatic rings. The van der Waals surface area contributed by atoms with E-state index in [4.69, 9.17) is 5.11 Å². The van der Waals surface area contributed by atoms with E-state index in [9.17, 15) is 22.8 Å². The number of carbonyl (C=O) groups is 2. The van der Waals surface area contributed by atoms with Crippen LogP contribution in [0.5, 0.6) is 0 Å². The van der Waals surface area contributed by atoms with Gasteiger partial charge in [-0.2, -0.15) is 13.2 Å². The van der Waals surface area contributed by atoms with Gasteiger partial charge in [-0.15, -0.1) is 11.3 Å². The highest BCUT2D eigenvalue weighted by atomic mass is 32.1. The Kier molecular flexibility index (Phi) is 4.05. The highest BCUT2D eigenvalue weighted by Crippen LogP contribution is 2.22. The molecule has 1 aromatic rings. The molecule has 1 heterocycles. The molecule has 0 radical (unpaired) electrons. The van der Waals surface area contributed by atoms with Gasteiger partial charge in [-0.05, 0) is 0 Å². The number of aliphatic carboxylic acids is 1. The predicted molar refractivity (Wildman–Crippen MR) is 51.7 cm³/mol. The van der Waals surface area contributed by atoms with Crippen LogP contribution in [0.2, 0.25) is 0 Å². The summed E-state index contributed by atoms with van der Waals surface area (Å²) in [6, 6.07) is -2.42. The Labute approximate surface area is 97.3 Å². The van der Waals surface area contributed by atoms with E-state index in [-0.39, 0.29) is 5.69 Å². The third kappa shape index (κ3) is 4.02. The van der Waals surface area contributed by atoms with Gasteiger partial charge >= 0.3 is 12.1 Å². The average molecular weight is 268 g/mol. The van der Waals surface area contributed by atoms with Crippen LogP contribution in [0.4, 0.5) is 13.2 Å². The standard InChI is InChI=1S/C8H7F3N2O3S/c9-8(10,11)5(1-6(14)15)13-7(16)4-2-17-3-12-4/h2-3,5H,1H2,(H,13,16)(H,14,15). The Balaban J connectivity index is 2.73. The fraction of sp³-hybridized carbons (Fsp3) is 0.375. The highest BCUT2D eigenvalue weighted by Gasteiger charge is 2.42. The molecule has 17 heavy (non-hydrogen) atoms. The van der Waals surface area contributed by atoms with Crippen molar-refractivity contribution in [2.24, 2.45) is 0 Å². The van der Waals surface area contributed by atoms with E-state index in [1.54, 1.807) is 5.32 Å². The lowest BCUT2D eigenvalue weighted by atomic mass is 10.2. The molecule has 2 N–H and O–H groups in total. The summed E-state index contributed by atoms with van der Waals surface area (Å²) < 4.78 is 37.2. The maximum Gasteiger partial charge on any atom is 0.409 e. The number of amides is 1. The first-order valence-corrected chi connectivity index (χ1v) is 5.22. The molecule has 0 saturated heterocycles. The van der Waals surface area contributed by atoms with Crippen molar-refractivity contribution in [3.8, 4) is 0 Å². The number of hydrogen-bond acceptors (Lipinski definition) is 4. The van der Waals surface area contributed by atoms with Gasteiger partial charge < -0.3 is 10.4 Å². The van der Waals surface area contributed by atoms with Crippen LogP contribution in [0.1, 0.15) is 16.9 Å². The smallest absolute Gasteiger partial charge is 0.409 e. The molecule has 1 aromatic heterocycles. The van der Waals surface area contributed by atoms with Gasteiger partial charge in [-0.25, -0.2) is 4.98 Å². The molecule has 9 heteroatoms. The minimum absolute atomic E-state index is 0.172. The average Bonchev–Trinajstić information content (AvgIpc) is 2.66. The largest absolute Gasteiger partial charge is 0.481 e. The van der Waals surface area contributed by atoms with E-state index in [0.717, 1.165) is 11.3 Å². The summed E-state index contributed by atoms with van der Waals surface area (Å²) in [6.45, 7) is 0. The second-order valence-electron chi connectivity index (χ2n) is 3.04. The maximum atomic E-state index is 12.4. The Morgan fingerprint density at radius 3 is 2.59 bits per heavy atom. The van der Waals surface area contributed by atoms with Crippen molar-refractivity contribution in [1.29, 1.82) is 0 Å². The molecule has 1 atom stereocenters. The van der Waals surface area contributed by atoms with E-state index in [1.165, 1.54) is 10.9 Å². The lowest BCUT2D eigenvalue weighted by molar-refractivity contribution is -0.165. The van der Waals surface area contributed by atoms with E-state index >= 15 is 0 Å². The zero-order valence-corrected chi connectivity index (χ0v) is 9.01. The molecule has 0 aliphatic heterocycles. The minimum atomic E-state index is -4.82. The third-order valence-electron chi connectivity index (χ3n) is 1.74. The number of hydrogen-bond donors (Lipinski definition) is 2. The second kappa shape index (κ2) is 5.13. The fourth-order valence-corrected chi connectivity index (χ4v) is 1.51. The van der Waals surface area contributed by atoms with E-state index in [1.807, 2.05) is 0 Å². The summed E-state index contributed by atoms with van der Waals surface area (Å²) in [5, 5.41) is 11.2. The molecule has 1 amide bonds. The molecular formula is C8H7F3N2O3S. The fourth-order valence-electron chi connectivity index (χ4n) is 0.980. The number of nitrogens with one attached hydrogen (secondary N) is 1. The quantitative estimate of drug-likeness (QED) is 0.862. The second-order valence-corrected chi connectivity index (χ2v) is 3.76. The zero-order chi connectivity index (χ0) is 13.1. The summed E-state index contributed by atoms with van der Waals surface area (Å²) in [4.78, 5) is 25.1. The number of alkyl halides is 3. The Morgan fingerprint density at radius 1 is 1.53 bits per heavy atom. The number of nitrogens with zero attached hydrogens (tertiary/aromatic N) is 1. The van der Waals surface area contributed by atoms with E-state index < -0.39 is 30.5 Å². The summed E-state index contributed by atoms with van der Waals surface area (Å²) >= 11 is 1.05. The van der Waals surface area contributed by atoms with Crippen LogP contribution in [0, 0.1) is 0 Å². The van der Waals surface area contributed by atoms with E-state index in [0.29, 0.717) is 0 Å². The molecule has 0 aliphatic carbocycles. The molecule has 0 bridgehead atoms. The van der Waals surface area contributed by atoms with Crippen molar-refractivity contribution >= 4 is 23.2 Å². The molecule has 0 saturated carbocycles. The maximum absolute atomic E-state index is 12.4. The Bertz CT molecular complexity index is 405. The Morgan fingerprint density at radius 2 is 2.18 bits per heavy atom. The zero-order valence-electron chi connectivity index (χ0n) is 8.19.